The maximum absolute atomic E-state index is 12.0. The fraction of sp³-hybridized carbons (Fsp3) is 0.462. The molecule has 0 atom stereocenters. The summed E-state index contributed by atoms with van der Waals surface area (Å²) in [6.07, 6.45) is 0.614. The second-order valence-corrected chi connectivity index (χ2v) is 4.07. The Morgan fingerprint density at radius 2 is 2.06 bits per heavy atom. The minimum atomic E-state index is -0.210. The zero-order valence-corrected chi connectivity index (χ0v) is 10.5. The predicted molar refractivity (Wildman–Crippen MR) is 67.9 cm³/mol. The summed E-state index contributed by atoms with van der Waals surface area (Å²) < 4.78 is 0. The lowest BCUT2D eigenvalue weighted by Gasteiger charge is -2.19. The SMILES string of the molecule is CCN(CCCO)CC(=O)c1ccc(O)cc1O. The van der Waals surface area contributed by atoms with Crippen molar-refractivity contribution in [1.82, 2.24) is 4.90 Å². The first kappa shape index (κ1) is 14.5. The Morgan fingerprint density at radius 1 is 1.33 bits per heavy atom. The molecule has 0 aliphatic heterocycles. The molecule has 0 radical (unpaired) electrons. The van der Waals surface area contributed by atoms with Gasteiger partial charge in [0.1, 0.15) is 11.5 Å². The van der Waals surface area contributed by atoms with Crippen LogP contribution in [0.3, 0.4) is 0 Å². The number of likely N-dealkylation sites (N-methyl/N-ethyl adjacent to an activating group) is 1. The number of hydrogen-bond acceptors (Lipinski definition) is 5. The Hall–Kier alpha value is -1.59. The normalized spacial score (nSPS) is 10.8. The average Bonchev–Trinajstić information content (AvgIpc) is 2.34. The van der Waals surface area contributed by atoms with Gasteiger partial charge in [0.15, 0.2) is 5.78 Å². The summed E-state index contributed by atoms with van der Waals surface area (Å²) in [6.45, 7) is 3.55. The van der Waals surface area contributed by atoms with Crippen molar-refractivity contribution in [2.75, 3.05) is 26.2 Å². The van der Waals surface area contributed by atoms with Crippen molar-refractivity contribution in [2.45, 2.75) is 13.3 Å². The van der Waals surface area contributed by atoms with Crippen LogP contribution in [0.15, 0.2) is 18.2 Å². The number of aliphatic hydroxyl groups is 1. The van der Waals surface area contributed by atoms with Crippen molar-refractivity contribution in [3.05, 3.63) is 23.8 Å². The quantitative estimate of drug-likeness (QED) is 0.631. The number of Topliss-reactive ketones (excluding diaryl/α,β-unsaturated/α-hetero) is 1. The van der Waals surface area contributed by atoms with E-state index in [9.17, 15) is 9.90 Å². The number of nitrogens with zero attached hydrogens (tertiary/aromatic N) is 1. The summed E-state index contributed by atoms with van der Waals surface area (Å²) in [4.78, 5) is 13.9. The van der Waals surface area contributed by atoms with Crippen LogP contribution in [0.4, 0.5) is 0 Å². The van der Waals surface area contributed by atoms with Crippen LogP contribution >= 0.6 is 0 Å². The first-order chi connectivity index (χ1) is 8.58. The Balaban J connectivity index is 2.68. The lowest BCUT2D eigenvalue weighted by atomic mass is 10.1. The lowest BCUT2D eigenvalue weighted by Crippen LogP contribution is -2.31. The van der Waals surface area contributed by atoms with Gasteiger partial charge in [-0.05, 0) is 25.1 Å². The molecule has 5 nitrogen and oxygen atoms in total. The molecule has 0 saturated heterocycles. The summed E-state index contributed by atoms with van der Waals surface area (Å²) in [7, 11) is 0. The monoisotopic (exact) mass is 253 g/mol. The summed E-state index contributed by atoms with van der Waals surface area (Å²) in [6, 6.07) is 3.93. The lowest BCUT2D eigenvalue weighted by molar-refractivity contribution is 0.0925. The van der Waals surface area contributed by atoms with Crippen LogP contribution in [0, 0.1) is 0 Å². The van der Waals surface area contributed by atoms with E-state index in [0.29, 0.717) is 19.5 Å². The maximum atomic E-state index is 12.0. The summed E-state index contributed by atoms with van der Waals surface area (Å²) >= 11 is 0. The molecule has 1 aromatic rings. The molecule has 0 heterocycles. The van der Waals surface area contributed by atoms with E-state index in [2.05, 4.69) is 0 Å². The Morgan fingerprint density at radius 3 is 2.61 bits per heavy atom. The largest absolute Gasteiger partial charge is 0.508 e. The van der Waals surface area contributed by atoms with Crippen LogP contribution in [0.5, 0.6) is 11.5 Å². The number of benzene rings is 1. The number of aromatic hydroxyl groups is 2. The molecule has 0 bridgehead atoms. The standard InChI is InChI=1S/C13H19NO4/c1-2-14(6-3-7-15)9-13(18)11-5-4-10(16)8-12(11)17/h4-5,8,15-17H,2-3,6-7,9H2,1H3. The highest BCUT2D eigenvalue weighted by molar-refractivity contribution is 6.00. The maximum Gasteiger partial charge on any atom is 0.180 e. The molecule has 0 aliphatic rings. The molecule has 0 fully saturated rings. The van der Waals surface area contributed by atoms with E-state index in [1.54, 1.807) is 0 Å². The fourth-order valence-electron chi connectivity index (χ4n) is 1.69. The van der Waals surface area contributed by atoms with Gasteiger partial charge >= 0.3 is 0 Å². The van der Waals surface area contributed by atoms with Crippen LogP contribution in [0.25, 0.3) is 0 Å². The van der Waals surface area contributed by atoms with Crippen molar-refractivity contribution in [3.8, 4) is 11.5 Å². The molecule has 0 aromatic heterocycles. The minimum Gasteiger partial charge on any atom is -0.508 e. The number of phenolic OH excluding ortho intramolecular Hbond substituents is 2. The second kappa shape index (κ2) is 6.98. The van der Waals surface area contributed by atoms with E-state index in [4.69, 9.17) is 10.2 Å². The Bertz CT molecular complexity index is 406. The van der Waals surface area contributed by atoms with Gasteiger partial charge in [-0.3, -0.25) is 9.69 Å². The highest BCUT2D eigenvalue weighted by atomic mass is 16.3. The van der Waals surface area contributed by atoms with Crippen molar-refractivity contribution >= 4 is 5.78 Å². The average molecular weight is 253 g/mol. The number of carbonyl (C=O) groups excluding carboxylic acids is 1. The van der Waals surface area contributed by atoms with Gasteiger partial charge < -0.3 is 15.3 Å². The molecular formula is C13H19NO4. The van der Waals surface area contributed by atoms with Gasteiger partial charge in [-0.1, -0.05) is 6.92 Å². The first-order valence-corrected chi connectivity index (χ1v) is 5.96. The third kappa shape index (κ3) is 4.01. The van der Waals surface area contributed by atoms with Gasteiger partial charge in [0.2, 0.25) is 0 Å². The number of hydrogen-bond donors (Lipinski definition) is 3. The molecular weight excluding hydrogens is 234 g/mol. The van der Waals surface area contributed by atoms with E-state index in [0.717, 1.165) is 6.07 Å². The van der Waals surface area contributed by atoms with Gasteiger partial charge in [-0.15, -0.1) is 0 Å². The van der Waals surface area contributed by atoms with Crippen LogP contribution in [0.1, 0.15) is 23.7 Å². The van der Waals surface area contributed by atoms with Gasteiger partial charge in [0.05, 0.1) is 12.1 Å². The van der Waals surface area contributed by atoms with Crippen molar-refractivity contribution in [3.63, 3.8) is 0 Å². The fourth-order valence-corrected chi connectivity index (χ4v) is 1.69. The highest BCUT2D eigenvalue weighted by Gasteiger charge is 2.14. The van der Waals surface area contributed by atoms with Crippen molar-refractivity contribution in [2.24, 2.45) is 0 Å². The number of phenols is 2. The molecule has 1 aromatic carbocycles. The molecule has 1 rings (SSSR count). The van der Waals surface area contributed by atoms with Crippen LogP contribution in [-0.2, 0) is 0 Å². The number of carbonyl (C=O) groups is 1. The van der Waals surface area contributed by atoms with Gasteiger partial charge in [0.25, 0.3) is 0 Å². The summed E-state index contributed by atoms with van der Waals surface area (Å²) in [5, 5.41) is 27.5. The minimum absolute atomic E-state index is 0.0725. The third-order valence-electron chi connectivity index (χ3n) is 2.73. The van der Waals surface area contributed by atoms with Crippen molar-refractivity contribution in [1.29, 1.82) is 0 Å². The van der Waals surface area contributed by atoms with E-state index < -0.39 is 0 Å². The zero-order chi connectivity index (χ0) is 13.5. The molecule has 0 amide bonds. The molecule has 100 valence electrons. The van der Waals surface area contributed by atoms with E-state index in [1.165, 1.54) is 12.1 Å². The second-order valence-electron chi connectivity index (χ2n) is 4.07. The molecule has 3 N–H and O–H groups in total. The van der Waals surface area contributed by atoms with E-state index in [-0.39, 0.29) is 36.0 Å². The van der Waals surface area contributed by atoms with Gasteiger partial charge in [0, 0.05) is 19.2 Å². The smallest absolute Gasteiger partial charge is 0.180 e. The molecule has 0 saturated carbocycles. The van der Waals surface area contributed by atoms with Crippen LogP contribution < -0.4 is 0 Å². The van der Waals surface area contributed by atoms with Crippen LogP contribution in [-0.4, -0.2) is 52.2 Å². The molecule has 5 heteroatoms. The molecule has 18 heavy (non-hydrogen) atoms. The zero-order valence-electron chi connectivity index (χ0n) is 10.5. The van der Waals surface area contributed by atoms with Crippen molar-refractivity contribution < 1.29 is 20.1 Å². The van der Waals surface area contributed by atoms with Crippen LogP contribution in [0.2, 0.25) is 0 Å². The first-order valence-electron chi connectivity index (χ1n) is 5.96. The Labute approximate surface area is 106 Å². The van der Waals surface area contributed by atoms with Gasteiger partial charge in [-0.2, -0.15) is 0 Å². The molecule has 0 aliphatic carbocycles. The molecule has 0 unspecified atom stereocenters. The van der Waals surface area contributed by atoms with Gasteiger partial charge in [-0.25, -0.2) is 0 Å². The number of ketones is 1. The number of rotatable bonds is 7. The molecule has 0 spiro atoms. The summed E-state index contributed by atoms with van der Waals surface area (Å²) in [5.74, 6) is -0.484. The van der Waals surface area contributed by atoms with E-state index >= 15 is 0 Å². The third-order valence-corrected chi connectivity index (χ3v) is 2.73. The van der Waals surface area contributed by atoms with E-state index in [1.807, 2.05) is 11.8 Å². The highest BCUT2D eigenvalue weighted by Crippen LogP contribution is 2.23. The summed E-state index contributed by atoms with van der Waals surface area (Å²) in [5.41, 5.74) is 0.204. The predicted octanol–water partition coefficient (Wildman–Crippen LogP) is 0.985. The topological polar surface area (TPSA) is 81.0 Å². The Kier molecular flexibility index (Phi) is 5.61. The number of aliphatic hydroxyl groups excluding tert-OH is 1.